The van der Waals surface area contributed by atoms with Crippen LogP contribution in [-0.2, 0) is 4.74 Å². The van der Waals surface area contributed by atoms with E-state index in [1.165, 1.54) is 11.3 Å². The lowest BCUT2D eigenvalue weighted by atomic mass is 9.92. The van der Waals surface area contributed by atoms with Gasteiger partial charge in [-0.2, -0.15) is 0 Å². The molecule has 1 aromatic heterocycles. The number of benzene rings is 2. The van der Waals surface area contributed by atoms with Crippen molar-refractivity contribution in [2.75, 3.05) is 6.61 Å². The third-order valence-corrected chi connectivity index (χ3v) is 6.31. The summed E-state index contributed by atoms with van der Waals surface area (Å²) < 4.78 is 6.87. The van der Waals surface area contributed by atoms with Crippen molar-refractivity contribution in [2.45, 2.75) is 38.1 Å². The molecule has 1 saturated heterocycles. The summed E-state index contributed by atoms with van der Waals surface area (Å²) in [5.41, 5.74) is 1.65. The molecule has 0 radical (unpaired) electrons. The quantitative estimate of drug-likeness (QED) is 0.583. The predicted octanol–water partition coefficient (Wildman–Crippen LogP) is 3.72. The number of hydrogen-bond donors (Lipinski definition) is 3. The molecule has 28 heavy (non-hydrogen) atoms. The monoisotopic (exact) mass is 398 g/mol. The summed E-state index contributed by atoms with van der Waals surface area (Å²) in [4.78, 5) is 13.8. The van der Waals surface area contributed by atoms with Crippen molar-refractivity contribution in [3.8, 4) is 5.75 Å². The first kappa shape index (κ1) is 19.1. The first-order valence-electron chi connectivity index (χ1n) is 9.27. The van der Waals surface area contributed by atoms with Gasteiger partial charge in [-0.15, -0.1) is 11.3 Å². The Balaban J connectivity index is 1.71. The van der Waals surface area contributed by atoms with E-state index < -0.39 is 18.3 Å². The van der Waals surface area contributed by atoms with Crippen molar-refractivity contribution in [3.05, 3.63) is 64.0 Å². The zero-order valence-corrected chi connectivity index (χ0v) is 16.3. The van der Waals surface area contributed by atoms with Crippen molar-refractivity contribution in [3.63, 3.8) is 0 Å². The number of thiophene rings is 1. The van der Waals surface area contributed by atoms with E-state index in [0.717, 1.165) is 10.1 Å². The van der Waals surface area contributed by atoms with Crippen LogP contribution in [0.4, 0.5) is 0 Å². The van der Waals surface area contributed by atoms with Crippen molar-refractivity contribution in [2.24, 2.45) is 0 Å². The Kier molecular flexibility index (Phi) is 5.21. The number of carbonyl (C=O) groups is 1. The second-order valence-electron chi connectivity index (χ2n) is 7.26. The van der Waals surface area contributed by atoms with Gasteiger partial charge in [0.15, 0.2) is 0 Å². The summed E-state index contributed by atoms with van der Waals surface area (Å²) >= 11 is 1.44. The summed E-state index contributed by atoms with van der Waals surface area (Å²) in [6.07, 6.45) is -1.03. The van der Waals surface area contributed by atoms with Crippen LogP contribution in [0, 0.1) is 6.92 Å². The molecule has 2 aromatic carbocycles. The van der Waals surface area contributed by atoms with Crippen molar-refractivity contribution >= 4 is 27.2 Å². The molecule has 0 spiro atoms. The molecule has 0 aliphatic carbocycles. The standard InChI is InChI=1S/C22H22O5S/c1-12-6-18(25)17(19-9-14(24)8-15(11-23)27-19)10-16(12)22(26)21-7-13-4-2-3-5-20(13)28-21/h2-7,10,14-15,19,23-25H,8-9,11H2,1H3. The lowest BCUT2D eigenvalue weighted by Gasteiger charge is -2.33. The molecule has 0 amide bonds. The van der Waals surface area contributed by atoms with Crippen LogP contribution in [0.2, 0.25) is 0 Å². The minimum absolute atomic E-state index is 0.0289. The van der Waals surface area contributed by atoms with Gasteiger partial charge in [0.2, 0.25) is 5.78 Å². The highest BCUT2D eigenvalue weighted by Crippen LogP contribution is 2.38. The van der Waals surface area contributed by atoms with E-state index >= 15 is 0 Å². The number of phenols is 1. The second-order valence-corrected chi connectivity index (χ2v) is 8.34. The van der Waals surface area contributed by atoms with Crippen LogP contribution in [0.5, 0.6) is 5.75 Å². The third-order valence-electron chi connectivity index (χ3n) is 5.20. The van der Waals surface area contributed by atoms with Crippen molar-refractivity contribution in [1.82, 2.24) is 0 Å². The lowest BCUT2D eigenvalue weighted by Crippen LogP contribution is -2.33. The van der Waals surface area contributed by atoms with Crippen LogP contribution < -0.4 is 0 Å². The van der Waals surface area contributed by atoms with Crippen LogP contribution >= 0.6 is 11.3 Å². The Labute approximate surface area is 166 Å². The van der Waals surface area contributed by atoms with Crippen LogP contribution in [0.15, 0.2) is 42.5 Å². The summed E-state index contributed by atoms with van der Waals surface area (Å²) in [5.74, 6) is -0.0730. The predicted molar refractivity (Wildman–Crippen MR) is 108 cm³/mol. The molecule has 1 fully saturated rings. The Bertz CT molecular complexity index is 992. The number of fused-ring (bicyclic) bond motifs is 1. The third kappa shape index (κ3) is 3.56. The Morgan fingerprint density at radius 2 is 2.00 bits per heavy atom. The molecule has 2 heterocycles. The van der Waals surface area contributed by atoms with E-state index in [4.69, 9.17) is 4.74 Å². The van der Waals surface area contributed by atoms with Gasteiger partial charge in [-0.1, -0.05) is 18.2 Å². The van der Waals surface area contributed by atoms with Gasteiger partial charge in [0.05, 0.1) is 29.8 Å². The molecule has 5 nitrogen and oxygen atoms in total. The smallest absolute Gasteiger partial charge is 0.203 e. The average molecular weight is 398 g/mol. The number of aryl methyl sites for hydroxylation is 1. The van der Waals surface area contributed by atoms with Gasteiger partial charge in [-0.05, 0) is 42.1 Å². The Hall–Kier alpha value is -2.25. The van der Waals surface area contributed by atoms with Crippen LogP contribution in [0.25, 0.3) is 10.1 Å². The molecular weight excluding hydrogens is 376 g/mol. The molecule has 3 N–H and O–H groups in total. The molecule has 3 aromatic rings. The molecule has 1 aliphatic heterocycles. The van der Waals surface area contributed by atoms with Gasteiger partial charge < -0.3 is 20.1 Å². The highest BCUT2D eigenvalue weighted by molar-refractivity contribution is 7.21. The van der Waals surface area contributed by atoms with Gasteiger partial charge in [-0.25, -0.2) is 0 Å². The molecule has 4 rings (SSSR count). The van der Waals surface area contributed by atoms with Crippen LogP contribution in [0.3, 0.4) is 0 Å². The number of aromatic hydroxyl groups is 1. The molecule has 3 unspecified atom stereocenters. The van der Waals surface area contributed by atoms with E-state index in [2.05, 4.69) is 0 Å². The summed E-state index contributed by atoms with van der Waals surface area (Å²) in [6.45, 7) is 1.59. The zero-order valence-electron chi connectivity index (χ0n) is 15.5. The SMILES string of the molecule is Cc1cc(O)c(C2CC(O)CC(CO)O2)cc1C(=O)c1cc2ccccc2s1. The second kappa shape index (κ2) is 7.64. The fourth-order valence-electron chi connectivity index (χ4n) is 3.75. The molecule has 0 bridgehead atoms. The first-order valence-corrected chi connectivity index (χ1v) is 10.1. The summed E-state index contributed by atoms with van der Waals surface area (Å²) in [7, 11) is 0. The van der Waals surface area contributed by atoms with Gasteiger partial charge in [0.1, 0.15) is 5.75 Å². The number of ether oxygens (including phenoxy) is 1. The maximum atomic E-state index is 13.2. The fourth-order valence-corrected chi connectivity index (χ4v) is 4.76. The molecule has 6 heteroatoms. The number of carbonyl (C=O) groups excluding carboxylic acids is 1. The minimum atomic E-state index is -0.627. The fraction of sp³-hybridized carbons (Fsp3) is 0.318. The van der Waals surface area contributed by atoms with E-state index in [1.807, 2.05) is 30.3 Å². The lowest BCUT2D eigenvalue weighted by molar-refractivity contribution is -0.114. The van der Waals surface area contributed by atoms with Gasteiger partial charge in [0.25, 0.3) is 0 Å². The number of aliphatic hydroxyl groups is 2. The highest BCUT2D eigenvalue weighted by atomic mass is 32.1. The number of ketones is 1. The number of phenolic OH excluding ortho intramolecular Hbond substituents is 1. The van der Waals surface area contributed by atoms with Gasteiger partial charge in [0, 0.05) is 28.7 Å². The largest absolute Gasteiger partial charge is 0.508 e. The van der Waals surface area contributed by atoms with Crippen molar-refractivity contribution in [1.29, 1.82) is 0 Å². The molecule has 0 saturated carbocycles. The van der Waals surface area contributed by atoms with Crippen LogP contribution in [-0.4, -0.2) is 39.9 Å². The average Bonchev–Trinajstić information content (AvgIpc) is 3.11. The molecule has 146 valence electrons. The Morgan fingerprint density at radius 3 is 2.75 bits per heavy atom. The van der Waals surface area contributed by atoms with E-state index in [0.29, 0.717) is 34.4 Å². The molecule has 1 aliphatic rings. The highest BCUT2D eigenvalue weighted by Gasteiger charge is 2.31. The van der Waals surface area contributed by atoms with E-state index in [-0.39, 0.29) is 18.1 Å². The molecule has 3 atom stereocenters. The normalized spacial score (nSPS) is 22.5. The Morgan fingerprint density at radius 1 is 1.21 bits per heavy atom. The topological polar surface area (TPSA) is 87.0 Å². The summed E-state index contributed by atoms with van der Waals surface area (Å²) in [6, 6.07) is 13.0. The molecular formula is C22H22O5S. The van der Waals surface area contributed by atoms with E-state index in [9.17, 15) is 20.1 Å². The van der Waals surface area contributed by atoms with Crippen LogP contribution in [0.1, 0.15) is 45.3 Å². The van der Waals surface area contributed by atoms with Crippen molar-refractivity contribution < 1.29 is 24.9 Å². The summed E-state index contributed by atoms with van der Waals surface area (Å²) in [5, 5.41) is 31.0. The first-order chi connectivity index (χ1) is 13.5. The number of hydrogen-bond acceptors (Lipinski definition) is 6. The van der Waals surface area contributed by atoms with E-state index in [1.54, 1.807) is 19.1 Å². The van der Waals surface area contributed by atoms with Gasteiger partial charge >= 0.3 is 0 Å². The minimum Gasteiger partial charge on any atom is -0.508 e. The number of rotatable bonds is 4. The maximum Gasteiger partial charge on any atom is 0.203 e. The maximum absolute atomic E-state index is 13.2. The zero-order chi connectivity index (χ0) is 19.8. The number of aliphatic hydroxyl groups excluding tert-OH is 2. The van der Waals surface area contributed by atoms with Gasteiger partial charge in [-0.3, -0.25) is 4.79 Å².